The predicted octanol–water partition coefficient (Wildman–Crippen LogP) is 2.88. The summed E-state index contributed by atoms with van der Waals surface area (Å²) in [5.41, 5.74) is 0.449. The number of hydrogen-bond acceptors (Lipinski definition) is 2. The molecule has 1 fully saturated rings. The Morgan fingerprint density at radius 3 is 2.90 bits per heavy atom. The van der Waals surface area contributed by atoms with Gasteiger partial charge in [-0.1, -0.05) is 15.9 Å². The van der Waals surface area contributed by atoms with Crippen LogP contribution in [0.25, 0.3) is 6.08 Å². The Bertz CT molecular complexity index is 527. The van der Waals surface area contributed by atoms with Gasteiger partial charge in [-0.3, -0.25) is 4.79 Å². The minimum atomic E-state index is -0.365. The van der Waals surface area contributed by atoms with Crippen LogP contribution in [0.2, 0.25) is 0 Å². The summed E-state index contributed by atoms with van der Waals surface area (Å²) in [6.45, 7) is 0.715. The van der Waals surface area contributed by atoms with Crippen molar-refractivity contribution in [3.05, 3.63) is 40.1 Å². The zero-order valence-electron chi connectivity index (χ0n) is 11.0. The van der Waals surface area contributed by atoms with E-state index in [0.29, 0.717) is 12.1 Å². The van der Waals surface area contributed by atoms with Crippen LogP contribution in [0.15, 0.2) is 28.7 Å². The normalized spacial score (nSPS) is 16.4. The van der Waals surface area contributed by atoms with Crippen molar-refractivity contribution in [1.29, 1.82) is 0 Å². The average molecular weight is 342 g/mol. The molecule has 0 aliphatic heterocycles. The van der Waals surface area contributed by atoms with Crippen molar-refractivity contribution in [2.45, 2.75) is 19.3 Å². The molecule has 0 saturated heterocycles. The van der Waals surface area contributed by atoms with E-state index < -0.39 is 0 Å². The third-order valence-electron chi connectivity index (χ3n) is 3.61. The molecule has 108 valence electrons. The fourth-order valence-electron chi connectivity index (χ4n) is 2.07. The van der Waals surface area contributed by atoms with Crippen molar-refractivity contribution in [3.8, 4) is 0 Å². The van der Waals surface area contributed by atoms with Crippen LogP contribution < -0.4 is 5.32 Å². The molecule has 2 N–H and O–H groups in total. The number of carbonyl (C=O) groups is 1. The minimum absolute atomic E-state index is 0.0826. The average Bonchev–Trinajstić information content (AvgIpc) is 3.18. The van der Waals surface area contributed by atoms with Gasteiger partial charge in [0, 0.05) is 29.3 Å². The topological polar surface area (TPSA) is 49.3 Å². The van der Waals surface area contributed by atoms with E-state index in [1.807, 2.05) is 0 Å². The second kappa shape index (κ2) is 6.50. The Balaban J connectivity index is 1.88. The number of carbonyl (C=O) groups excluding carboxylic acids is 1. The summed E-state index contributed by atoms with van der Waals surface area (Å²) in [6, 6.07) is 4.58. The van der Waals surface area contributed by atoms with Crippen LogP contribution in [-0.2, 0) is 4.79 Å². The highest BCUT2D eigenvalue weighted by Crippen LogP contribution is 2.47. The lowest BCUT2D eigenvalue weighted by Crippen LogP contribution is -2.29. The van der Waals surface area contributed by atoms with Gasteiger partial charge in [0.05, 0.1) is 0 Å². The van der Waals surface area contributed by atoms with E-state index in [9.17, 15) is 9.18 Å². The molecule has 1 aliphatic carbocycles. The zero-order valence-corrected chi connectivity index (χ0v) is 12.6. The largest absolute Gasteiger partial charge is 0.396 e. The van der Waals surface area contributed by atoms with E-state index in [4.69, 9.17) is 5.11 Å². The summed E-state index contributed by atoms with van der Waals surface area (Å²) in [6.07, 6.45) is 5.59. The number of aliphatic hydroxyl groups excluding tert-OH is 1. The predicted molar refractivity (Wildman–Crippen MR) is 79.5 cm³/mol. The van der Waals surface area contributed by atoms with Gasteiger partial charge in [0.25, 0.3) is 0 Å². The number of halogens is 2. The first-order valence-corrected chi connectivity index (χ1v) is 7.36. The Morgan fingerprint density at radius 1 is 1.50 bits per heavy atom. The van der Waals surface area contributed by atoms with Crippen LogP contribution in [0.4, 0.5) is 4.39 Å². The third-order valence-corrected chi connectivity index (χ3v) is 4.10. The standard InChI is InChI=1S/C15H17BrFNO2/c16-12-2-3-13(17)11(9-12)1-4-14(20)18-10-15(5-6-15)7-8-19/h1-4,9,19H,5-8,10H2,(H,18,20)/b4-1+. The Labute approximate surface area is 126 Å². The first kappa shape index (κ1) is 15.2. The summed E-state index contributed by atoms with van der Waals surface area (Å²) in [5.74, 6) is -0.607. The quantitative estimate of drug-likeness (QED) is 0.781. The molecule has 0 unspecified atom stereocenters. The van der Waals surface area contributed by atoms with Crippen molar-refractivity contribution in [2.75, 3.05) is 13.2 Å². The Hall–Kier alpha value is -1.20. The van der Waals surface area contributed by atoms with E-state index in [0.717, 1.165) is 23.7 Å². The highest BCUT2D eigenvalue weighted by atomic mass is 79.9. The number of amides is 1. The number of aliphatic hydroxyl groups is 1. The van der Waals surface area contributed by atoms with Crippen molar-refractivity contribution in [2.24, 2.45) is 5.41 Å². The highest BCUT2D eigenvalue weighted by Gasteiger charge is 2.41. The lowest BCUT2D eigenvalue weighted by Gasteiger charge is -2.13. The molecule has 0 radical (unpaired) electrons. The number of hydrogen-bond donors (Lipinski definition) is 2. The molecule has 1 aromatic rings. The Kier molecular flexibility index (Phi) is 4.94. The summed E-state index contributed by atoms with van der Waals surface area (Å²) < 4.78 is 14.2. The minimum Gasteiger partial charge on any atom is -0.396 e. The first-order valence-electron chi connectivity index (χ1n) is 6.56. The molecule has 1 amide bonds. The molecule has 1 saturated carbocycles. The fraction of sp³-hybridized carbons (Fsp3) is 0.400. The second-order valence-electron chi connectivity index (χ2n) is 5.19. The van der Waals surface area contributed by atoms with Crippen molar-refractivity contribution >= 4 is 27.9 Å². The fourth-order valence-corrected chi connectivity index (χ4v) is 2.45. The molecule has 0 spiro atoms. The van der Waals surface area contributed by atoms with Gasteiger partial charge in [-0.2, -0.15) is 0 Å². The SMILES string of the molecule is O=C(/C=C/c1cc(Br)ccc1F)NCC1(CCO)CC1. The molecule has 1 aromatic carbocycles. The molecular formula is C15H17BrFNO2. The molecular weight excluding hydrogens is 325 g/mol. The van der Waals surface area contributed by atoms with Gasteiger partial charge in [-0.05, 0) is 49.0 Å². The smallest absolute Gasteiger partial charge is 0.244 e. The summed E-state index contributed by atoms with van der Waals surface area (Å²) in [4.78, 5) is 11.7. The molecule has 1 aliphatic rings. The Morgan fingerprint density at radius 2 is 2.25 bits per heavy atom. The zero-order chi connectivity index (χ0) is 14.6. The third kappa shape index (κ3) is 4.15. The van der Waals surface area contributed by atoms with E-state index in [1.165, 1.54) is 18.2 Å². The van der Waals surface area contributed by atoms with Gasteiger partial charge in [-0.25, -0.2) is 4.39 Å². The van der Waals surface area contributed by atoms with Gasteiger partial charge in [-0.15, -0.1) is 0 Å². The maximum Gasteiger partial charge on any atom is 0.244 e. The summed E-state index contributed by atoms with van der Waals surface area (Å²) >= 11 is 3.26. The van der Waals surface area contributed by atoms with Crippen molar-refractivity contribution in [3.63, 3.8) is 0 Å². The van der Waals surface area contributed by atoms with Crippen LogP contribution in [0, 0.1) is 11.2 Å². The molecule has 2 rings (SSSR count). The van der Waals surface area contributed by atoms with Crippen LogP contribution in [0.5, 0.6) is 0 Å². The number of benzene rings is 1. The summed E-state index contributed by atoms with van der Waals surface area (Å²) in [7, 11) is 0. The molecule has 0 atom stereocenters. The van der Waals surface area contributed by atoms with Gasteiger partial charge in [0.2, 0.25) is 5.91 Å². The second-order valence-corrected chi connectivity index (χ2v) is 6.11. The van der Waals surface area contributed by atoms with Gasteiger partial charge in [0.1, 0.15) is 5.82 Å². The molecule has 5 heteroatoms. The number of nitrogens with one attached hydrogen (secondary N) is 1. The maximum absolute atomic E-state index is 13.5. The lowest BCUT2D eigenvalue weighted by molar-refractivity contribution is -0.116. The van der Waals surface area contributed by atoms with Crippen LogP contribution in [0.3, 0.4) is 0 Å². The van der Waals surface area contributed by atoms with Gasteiger partial charge >= 0.3 is 0 Å². The highest BCUT2D eigenvalue weighted by molar-refractivity contribution is 9.10. The molecule has 0 bridgehead atoms. The number of rotatable bonds is 6. The van der Waals surface area contributed by atoms with Crippen LogP contribution in [-0.4, -0.2) is 24.2 Å². The summed E-state index contributed by atoms with van der Waals surface area (Å²) in [5, 5.41) is 11.7. The lowest BCUT2D eigenvalue weighted by atomic mass is 10.0. The van der Waals surface area contributed by atoms with E-state index in [1.54, 1.807) is 12.1 Å². The van der Waals surface area contributed by atoms with E-state index in [-0.39, 0.29) is 23.7 Å². The maximum atomic E-state index is 13.5. The van der Waals surface area contributed by atoms with Crippen molar-refractivity contribution < 1.29 is 14.3 Å². The van der Waals surface area contributed by atoms with E-state index in [2.05, 4.69) is 21.2 Å². The van der Waals surface area contributed by atoms with Crippen LogP contribution >= 0.6 is 15.9 Å². The monoisotopic (exact) mass is 341 g/mol. The van der Waals surface area contributed by atoms with Gasteiger partial charge in [0.15, 0.2) is 0 Å². The molecule has 3 nitrogen and oxygen atoms in total. The molecule has 20 heavy (non-hydrogen) atoms. The van der Waals surface area contributed by atoms with Gasteiger partial charge < -0.3 is 10.4 Å². The molecule has 0 heterocycles. The van der Waals surface area contributed by atoms with Crippen molar-refractivity contribution in [1.82, 2.24) is 5.32 Å². The molecule has 0 aromatic heterocycles. The first-order chi connectivity index (χ1) is 9.54. The van der Waals surface area contributed by atoms with E-state index >= 15 is 0 Å². The van der Waals surface area contributed by atoms with Crippen LogP contribution in [0.1, 0.15) is 24.8 Å².